The summed E-state index contributed by atoms with van der Waals surface area (Å²) in [4.78, 5) is 37.0. The van der Waals surface area contributed by atoms with Crippen molar-refractivity contribution >= 4 is 29.4 Å². The fourth-order valence-electron chi connectivity index (χ4n) is 5.05. The molecule has 1 aliphatic heterocycles. The quantitative estimate of drug-likeness (QED) is 0.0673. The topological polar surface area (TPSA) is 63.7 Å². The molecule has 42 heavy (non-hydrogen) atoms. The summed E-state index contributed by atoms with van der Waals surface area (Å²) >= 11 is 0. The Morgan fingerprint density at radius 1 is 0.643 bits per heavy atom. The van der Waals surface area contributed by atoms with Crippen molar-refractivity contribution in [2.75, 3.05) is 11.5 Å². The first-order chi connectivity index (χ1) is 20.6. The molecule has 3 aromatic carbocycles. The van der Waals surface area contributed by atoms with Crippen molar-refractivity contribution in [1.82, 2.24) is 0 Å². The molecule has 218 valence electrons. The van der Waals surface area contributed by atoms with E-state index in [0.717, 1.165) is 37.2 Å². The van der Waals surface area contributed by atoms with E-state index >= 15 is 0 Å². The van der Waals surface area contributed by atoms with Gasteiger partial charge in [0.05, 0.1) is 12.3 Å². The summed E-state index contributed by atoms with van der Waals surface area (Å²) in [6.07, 6.45) is 19.4. The van der Waals surface area contributed by atoms with Crippen LogP contribution in [0.25, 0.3) is 6.08 Å². The standard InChI is InChI=1S/C37H41NO4/c39-35(32-15-11-9-12-16-32)26-21-31-19-24-34(25-20-31)42-29-13-8-6-4-2-1-3-5-7-10-14-30-17-22-33(23-18-30)38-36(40)27-28-37(38)41/h9,11-12,15-28H,1-8,10,13-14,29H2. The lowest BCUT2D eigenvalue weighted by Gasteiger charge is -2.14. The number of ether oxygens (including phenoxy) is 1. The molecule has 0 aromatic heterocycles. The van der Waals surface area contributed by atoms with Crippen LogP contribution in [-0.2, 0) is 16.0 Å². The fraction of sp³-hybridized carbons (Fsp3) is 0.324. The molecule has 2 amide bonds. The number of anilines is 1. The van der Waals surface area contributed by atoms with E-state index in [0.29, 0.717) is 11.3 Å². The number of imide groups is 1. The van der Waals surface area contributed by atoms with Gasteiger partial charge in [-0.05, 0) is 60.7 Å². The second kappa shape index (κ2) is 16.9. The summed E-state index contributed by atoms with van der Waals surface area (Å²) in [5.74, 6) is 0.322. The molecular weight excluding hydrogens is 522 g/mol. The molecule has 5 heteroatoms. The highest BCUT2D eigenvalue weighted by Crippen LogP contribution is 2.21. The van der Waals surface area contributed by atoms with E-state index in [-0.39, 0.29) is 17.6 Å². The van der Waals surface area contributed by atoms with Crippen LogP contribution in [0.2, 0.25) is 0 Å². The lowest BCUT2D eigenvalue weighted by atomic mass is 10.0. The summed E-state index contributed by atoms with van der Waals surface area (Å²) in [5.41, 5.74) is 3.56. The summed E-state index contributed by atoms with van der Waals surface area (Å²) in [5, 5.41) is 0. The number of benzene rings is 3. The molecule has 1 heterocycles. The number of hydrogen-bond donors (Lipinski definition) is 0. The minimum absolute atomic E-state index is 0.00280. The number of hydrogen-bond acceptors (Lipinski definition) is 4. The van der Waals surface area contributed by atoms with Gasteiger partial charge in [0, 0.05) is 17.7 Å². The van der Waals surface area contributed by atoms with Crippen molar-refractivity contribution in [3.8, 4) is 5.75 Å². The number of carbonyl (C=O) groups excluding carboxylic acids is 3. The van der Waals surface area contributed by atoms with Gasteiger partial charge in [-0.25, -0.2) is 4.90 Å². The number of nitrogens with zero attached hydrogens (tertiary/aromatic N) is 1. The minimum atomic E-state index is -0.274. The Kier molecular flexibility index (Phi) is 12.3. The van der Waals surface area contributed by atoms with E-state index in [9.17, 15) is 14.4 Å². The van der Waals surface area contributed by atoms with Gasteiger partial charge in [0.2, 0.25) is 0 Å². The number of aryl methyl sites for hydroxylation is 1. The van der Waals surface area contributed by atoms with Crippen LogP contribution in [0.5, 0.6) is 5.75 Å². The zero-order valence-corrected chi connectivity index (χ0v) is 24.4. The number of carbonyl (C=O) groups is 3. The van der Waals surface area contributed by atoms with Gasteiger partial charge in [-0.2, -0.15) is 0 Å². The highest BCUT2D eigenvalue weighted by Gasteiger charge is 2.24. The third-order valence-corrected chi connectivity index (χ3v) is 7.50. The molecule has 0 saturated heterocycles. The maximum Gasteiger partial charge on any atom is 0.258 e. The second-order valence-electron chi connectivity index (χ2n) is 10.8. The summed E-state index contributed by atoms with van der Waals surface area (Å²) in [7, 11) is 0. The molecule has 0 atom stereocenters. The number of unbranched alkanes of at least 4 members (excludes halogenated alkanes) is 9. The van der Waals surface area contributed by atoms with Crippen LogP contribution in [0.1, 0.15) is 85.7 Å². The molecular formula is C37H41NO4. The molecule has 0 fully saturated rings. The maximum atomic E-state index is 12.2. The van der Waals surface area contributed by atoms with Gasteiger partial charge in [0.1, 0.15) is 5.75 Å². The van der Waals surface area contributed by atoms with E-state index in [1.165, 1.54) is 74.0 Å². The van der Waals surface area contributed by atoms with E-state index in [4.69, 9.17) is 4.74 Å². The molecule has 0 radical (unpaired) electrons. The number of ketones is 1. The van der Waals surface area contributed by atoms with Crippen LogP contribution in [0.3, 0.4) is 0 Å². The second-order valence-corrected chi connectivity index (χ2v) is 10.8. The zero-order chi connectivity index (χ0) is 29.4. The Morgan fingerprint density at radius 2 is 1.21 bits per heavy atom. The molecule has 0 saturated carbocycles. The van der Waals surface area contributed by atoms with Gasteiger partial charge in [-0.15, -0.1) is 0 Å². The summed E-state index contributed by atoms with van der Waals surface area (Å²) < 4.78 is 5.89. The molecule has 5 nitrogen and oxygen atoms in total. The lowest BCUT2D eigenvalue weighted by Crippen LogP contribution is -2.29. The summed E-state index contributed by atoms with van der Waals surface area (Å²) in [6.45, 7) is 0.732. The van der Waals surface area contributed by atoms with E-state index in [2.05, 4.69) is 0 Å². The molecule has 0 bridgehead atoms. The van der Waals surface area contributed by atoms with E-state index < -0.39 is 0 Å². The Balaban J connectivity index is 0.959. The third-order valence-electron chi connectivity index (χ3n) is 7.50. The van der Waals surface area contributed by atoms with Gasteiger partial charge >= 0.3 is 0 Å². The average Bonchev–Trinajstić information content (AvgIpc) is 3.36. The van der Waals surface area contributed by atoms with Crippen LogP contribution in [0.15, 0.2) is 97.1 Å². The van der Waals surface area contributed by atoms with Gasteiger partial charge < -0.3 is 4.74 Å². The predicted octanol–water partition coefficient (Wildman–Crippen LogP) is 8.53. The van der Waals surface area contributed by atoms with Crippen molar-refractivity contribution in [3.63, 3.8) is 0 Å². The minimum Gasteiger partial charge on any atom is -0.494 e. The molecule has 0 N–H and O–H groups in total. The van der Waals surface area contributed by atoms with Crippen LogP contribution >= 0.6 is 0 Å². The first-order valence-corrected chi connectivity index (χ1v) is 15.3. The summed E-state index contributed by atoms with van der Waals surface area (Å²) in [6, 6.07) is 24.9. The molecule has 0 unspecified atom stereocenters. The SMILES string of the molecule is O=C(C=Cc1ccc(OCCCCCCCCCCCCc2ccc(N3C(=O)C=CC3=O)cc2)cc1)c1ccccc1. The Bertz CT molecular complexity index is 1320. The normalized spacial score (nSPS) is 12.9. The third kappa shape index (κ3) is 9.99. The van der Waals surface area contributed by atoms with Crippen molar-refractivity contribution in [1.29, 1.82) is 0 Å². The van der Waals surface area contributed by atoms with E-state index in [1.807, 2.05) is 84.9 Å². The van der Waals surface area contributed by atoms with Crippen molar-refractivity contribution < 1.29 is 19.1 Å². The zero-order valence-electron chi connectivity index (χ0n) is 24.4. The van der Waals surface area contributed by atoms with Crippen LogP contribution in [0, 0.1) is 0 Å². The number of amides is 2. The smallest absolute Gasteiger partial charge is 0.258 e. The maximum absolute atomic E-state index is 12.2. The molecule has 3 aromatic rings. The van der Waals surface area contributed by atoms with E-state index in [1.54, 1.807) is 6.08 Å². The van der Waals surface area contributed by atoms with Crippen molar-refractivity contribution in [2.24, 2.45) is 0 Å². The highest BCUT2D eigenvalue weighted by atomic mass is 16.5. The average molecular weight is 564 g/mol. The largest absolute Gasteiger partial charge is 0.494 e. The highest BCUT2D eigenvalue weighted by molar-refractivity contribution is 6.28. The molecule has 1 aliphatic rings. The van der Waals surface area contributed by atoms with Crippen LogP contribution in [0.4, 0.5) is 5.69 Å². The first-order valence-electron chi connectivity index (χ1n) is 15.3. The van der Waals surface area contributed by atoms with Gasteiger partial charge in [0.25, 0.3) is 11.8 Å². The lowest BCUT2D eigenvalue weighted by molar-refractivity contribution is -0.119. The van der Waals surface area contributed by atoms with Gasteiger partial charge in [0.15, 0.2) is 5.78 Å². The van der Waals surface area contributed by atoms with Crippen LogP contribution in [-0.4, -0.2) is 24.2 Å². The van der Waals surface area contributed by atoms with Crippen LogP contribution < -0.4 is 9.64 Å². The number of rotatable bonds is 18. The number of allylic oxidation sites excluding steroid dienone is 1. The van der Waals surface area contributed by atoms with Crippen molar-refractivity contribution in [2.45, 2.75) is 70.6 Å². The van der Waals surface area contributed by atoms with Gasteiger partial charge in [-0.3, -0.25) is 14.4 Å². The Hall–Kier alpha value is -4.25. The van der Waals surface area contributed by atoms with Crippen molar-refractivity contribution in [3.05, 3.63) is 114 Å². The Labute approximate surface area is 249 Å². The molecule has 4 rings (SSSR count). The first kappa shape index (κ1) is 30.7. The van der Waals surface area contributed by atoms with Gasteiger partial charge in [-0.1, -0.05) is 112 Å². The monoisotopic (exact) mass is 563 g/mol. The molecule has 0 spiro atoms. The molecule has 0 aliphatic carbocycles. The Morgan fingerprint density at radius 3 is 1.83 bits per heavy atom. The fourth-order valence-corrected chi connectivity index (χ4v) is 5.05. The predicted molar refractivity (Wildman–Crippen MR) is 170 cm³/mol.